The van der Waals surface area contributed by atoms with Gasteiger partial charge in [-0.1, -0.05) is 49.4 Å². The number of carbonyl (C=O) groups is 2. The van der Waals surface area contributed by atoms with Crippen LogP contribution in [0.4, 0.5) is 5.69 Å². The first-order valence-electron chi connectivity index (χ1n) is 9.73. The Morgan fingerprint density at radius 3 is 2.28 bits per heavy atom. The summed E-state index contributed by atoms with van der Waals surface area (Å²) in [5.74, 6) is -0.542. The summed E-state index contributed by atoms with van der Waals surface area (Å²) in [5.41, 5.74) is 2.19. The number of aryl methyl sites for hydroxylation is 1. The topological polar surface area (TPSA) is 92.6 Å². The quantitative estimate of drug-likeness (QED) is 0.518. The molecule has 1 N–H and O–H groups in total. The second-order valence-electron chi connectivity index (χ2n) is 6.83. The third kappa shape index (κ3) is 5.63. The maximum Gasteiger partial charge on any atom is 0.273 e. The first-order valence-corrected chi connectivity index (χ1v) is 9.73. The van der Waals surface area contributed by atoms with Crippen LogP contribution in [0.15, 0.2) is 48.5 Å². The van der Waals surface area contributed by atoms with Crippen LogP contribution in [0.2, 0.25) is 0 Å². The van der Waals surface area contributed by atoms with Crippen LogP contribution in [0.5, 0.6) is 0 Å². The Bertz CT molecular complexity index is 882. The molecule has 0 heterocycles. The number of nitrogens with zero attached hydrogens (tertiary/aromatic N) is 2. The molecule has 29 heavy (non-hydrogen) atoms. The summed E-state index contributed by atoms with van der Waals surface area (Å²) in [6.45, 7) is 6.36. The molecule has 1 unspecified atom stereocenters. The van der Waals surface area contributed by atoms with Gasteiger partial charge in [-0.2, -0.15) is 0 Å². The Hall–Kier alpha value is -3.22. The van der Waals surface area contributed by atoms with Crippen molar-refractivity contribution in [2.24, 2.45) is 0 Å². The van der Waals surface area contributed by atoms with E-state index in [1.807, 2.05) is 45.0 Å². The van der Waals surface area contributed by atoms with E-state index in [4.69, 9.17) is 0 Å². The van der Waals surface area contributed by atoms with E-state index >= 15 is 0 Å². The van der Waals surface area contributed by atoms with E-state index in [0.29, 0.717) is 18.5 Å². The van der Waals surface area contributed by atoms with Gasteiger partial charge in [0.05, 0.1) is 11.3 Å². The Balaban J connectivity index is 2.38. The van der Waals surface area contributed by atoms with Crippen LogP contribution in [0.1, 0.15) is 37.0 Å². The van der Waals surface area contributed by atoms with Gasteiger partial charge in [0.15, 0.2) is 0 Å². The number of nitro benzene ring substituents is 1. The molecule has 154 valence electrons. The summed E-state index contributed by atoms with van der Waals surface area (Å²) in [4.78, 5) is 38.2. The van der Waals surface area contributed by atoms with Crippen LogP contribution in [0, 0.1) is 17.0 Å². The SMILES string of the molecule is CCNC(=O)C(CC)N(Cc1ccccc1C)C(=O)Cc1ccccc1[N+](=O)[O-]. The molecule has 2 aromatic carbocycles. The lowest BCUT2D eigenvalue weighted by atomic mass is 10.0. The maximum absolute atomic E-state index is 13.2. The number of para-hydroxylation sites is 1. The second-order valence-corrected chi connectivity index (χ2v) is 6.83. The van der Waals surface area contributed by atoms with E-state index in [9.17, 15) is 19.7 Å². The molecule has 1 atom stereocenters. The number of nitrogens with one attached hydrogen (secondary N) is 1. The smallest absolute Gasteiger partial charge is 0.273 e. The number of hydrogen-bond acceptors (Lipinski definition) is 4. The Morgan fingerprint density at radius 2 is 1.69 bits per heavy atom. The molecule has 0 aliphatic carbocycles. The van der Waals surface area contributed by atoms with E-state index in [1.165, 1.54) is 11.0 Å². The summed E-state index contributed by atoms with van der Waals surface area (Å²) in [6, 6.07) is 13.2. The third-order valence-electron chi connectivity index (χ3n) is 4.87. The third-order valence-corrected chi connectivity index (χ3v) is 4.87. The fourth-order valence-electron chi connectivity index (χ4n) is 3.29. The highest BCUT2D eigenvalue weighted by molar-refractivity contribution is 5.88. The molecule has 0 spiro atoms. The van der Waals surface area contributed by atoms with Crippen LogP contribution in [-0.4, -0.2) is 34.2 Å². The molecule has 0 radical (unpaired) electrons. The van der Waals surface area contributed by atoms with Crippen LogP contribution in [0.25, 0.3) is 0 Å². The van der Waals surface area contributed by atoms with Crippen molar-refractivity contribution in [3.8, 4) is 0 Å². The highest BCUT2D eigenvalue weighted by Crippen LogP contribution is 2.21. The van der Waals surface area contributed by atoms with Gasteiger partial charge in [-0.25, -0.2) is 0 Å². The van der Waals surface area contributed by atoms with Crippen LogP contribution in [0.3, 0.4) is 0 Å². The van der Waals surface area contributed by atoms with Crippen molar-refractivity contribution in [2.45, 2.75) is 46.2 Å². The number of benzene rings is 2. The minimum Gasteiger partial charge on any atom is -0.355 e. The van der Waals surface area contributed by atoms with Crippen molar-refractivity contribution >= 4 is 17.5 Å². The molecule has 0 aromatic heterocycles. The van der Waals surface area contributed by atoms with Crippen LogP contribution in [-0.2, 0) is 22.6 Å². The first kappa shape index (κ1) is 22.1. The number of carbonyl (C=O) groups excluding carboxylic acids is 2. The molecule has 0 aliphatic rings. The Morgan fingerprint density at radius 1 is 1.07 bits per heavy atom. The van der Waals surface area contributed by atoms with Crippen molar-refractivity contribution in [1.29, 1.82) is 0 Å². The number of nitro groups is 1. The second kappa shape index (κ2) is 10.4. The number of amides is 2. The van der Waals surface area contributed by atoms with Crippen molar-refractivity contribution in [3.05, 3.63) is 75.3 Å². The van der Waals surface area contributed by atoms with E-state index in [1.54, 1.807) is 18.2 Å². The summed E-state index contributed by atoms with van der Waals surface area (Å²) >= 11 is 0. The van der Waals surface area contributed by atoms with Crippen molar-refractivity contribution in [3.63, 3.8) is 0 Å². The minimum atomic E-state index is -0.648. The standard InChI is InChI=1S/C22H27N3O4/c1-4-19(22(27)23-5-2)24(15-18-12-7-6-10-16(18)3)21(26)14-17-11-8-9-13-20(17)25(28)29/h6-13,19H,4-5,14-15H2,1-3H3,(H,23,27). The molecular formula is C22H27N3O4. The predicted molar refractivity (Wildman–Crippen MR) is 111 cm³/mol. The zero-order chi connectivity index (χ0) is 21.4. The van der Waals surface area contributed by atoms with Crippen molar-refractivity contribution in [2.75, 3.05) is 6.54 Å². The summed E-state index contributed by atoms with van der Waals surface area (Å²) in [6.07, 6.45) is 0.305. The van der Waals surface area contributed by atoms with E-state index < -0.39 is 11.0 Å². The molecule has 2 rings (SSSR count). The molecule has 7 nitrogen and oxygen atoms in total. The van der Waals surface area contributed by atoms with Crippen LogP contribution >= 0.6 is 0 Å². The van der Waals surface area contributed by atoms with Gasteiger partial charge in [0.25, 0.3) is 5.69 Å². The summed E-state index contributed by atoms with van der Waals surface area (Å²) in [5, 5.41) is 14.1. The molecule has 0 fully saturated rings. The number of likely N-dealkylation sites (N-methyl/N-ethyl adjacent to an activating group) is 1. The lowest BCUT2D eigenvalue weighted by Gasteiger charge is -2.31. The fourth-order valence-corrected chi connectivity index (χ4v) is 3.29. The van der Waals surface area contributed by atoms with Gasteiger partial charge in [-0.15, -0.1) is 0 Å². The van der Waals surface area contributed by atoms with Gasteiger partial charge in [-0.3, -0.25) is 19.7 Å². The summed E-state index contributed by atoms with van der Waals surface area (Å²) < 4.78 is 0. The van der Waals surface area contributed by atoms with Gasteiger partial charge in [0.2, 0.25) is 11.8 Å². The first-order chi connectivity index (χ1) is 13.9. The molecule has 0 saturated carbocycles. The Labute approximate surface area is 170 Å². The Kier molecular flexibility index (Phi) is 7.88. The highest BCUT2D eigenvalue weighted by Gasteiger charge is 2.29. The van der Waals surface area contributed by atoms with Gasteiger partial charge < -0.3 is 10.2 Å². The highest BCUT2D eigenvalue weighted by atomic mass is 16.6. The number of hydrogen-bond donors (Lipinski definition) is 1. The lowest BCUT2D eigenvalue weighted by Crippen LogP contribution is -2.49. The van der Waals surface area contributed by atoms with Gasteiger partial charge in [0.1, 0.15) is 6.04 Å². The molecule has 0 bridgehead atoms. The van der Waals surface area contributed by atoms with E-state index in [-0.39, 0.29) is 30.5 Å². The zero-order valence-corrected chi connectivity index (χ0v) is 17.1. The van der Waals surface area contributed by atoms with Crippen molar-refractivity contribution < 1.29 is 14.5 Å². The zero-order valence-electron chi connectivity index (χ0n) is 17.1. The molecule has 0 saturated heterocycles. The average molecular weight is 397 g/mol. The van der Waals surface area contributed by atoms with Gasteiger partial charge in [-0.05, 0) is 31.4 Å². The van der Waals surface area contributed by atoms with Gasteiger partial charge in [0, 0.05) is 24.7 Å². The predicted octanol–water partition coefficient (Wildman–Crippen LogP) is 3.39. The largest absolute Gasteiger partial charge is 0.355 e. The summed E-state index contributed by atoms with van der Waals surface area (Å²) in [7, 11) is 0. The van der Waals surface area contributed by atoms with Crippen LogP contribution < -0.4 is 5.32 Å². The normalized spacial score (nSPS) is 11.6. The maximum atomic E-state index is 13.2. The average Bonchev–Trinajstić information content (AvgIpc) is 2.69. The lowest BCUT2D eigenvalue weighted by molar-refractivity contribution is -0.385. The van der Waals surface area contributed by atoms with Crippen molar-refractivity contribution in [1.82, 2.24) is 10.2 Å². The molecule has 2 amide bonds. The molecule has 2 aromatic rings. The van der Waals surface area contributed by atoms with Gasteiger partial charge >= 0.3 is 0 Å². The molecular weight excluding hydrogens is 370 g/mol. The number of rotatable bonds is 9. The minimum absolute atomic E-state index is 0.0947. The fraction of sp³-hybridized carbons (Fsp3) is 0.364. The van der Waals surface area contributed by atoms with E-state index in [2.05, 4.69) is 5.32 Å². The monoisotopic (exact) mass is 397 g/mol. The molecule has 0 aliphatic heterocycles. The molecule has 7 heteroatoms. The van der Waals surface area contributed by atoms with E-state index in [0.717, 1.165) is 11.1 Å².